The lowest BCUT2D eigenvalue weighted by Crippen LogP contribution is -2.24. The lowest BCUT2D eigenvalue weighted by atomic mass is 10.0. The van der Waals surface area contributed by atoms with Crippen LogP contribution in [0.5, 0.6) is 5.75 Å². The van der Waals surface area contributed by atoms with Gasteiger partial charge in [-0.1, -0.05) is 17.7 Å². The van der Waals surface area contributed by atoms with E-state index in [1.807, 2.05) is 13.8 Å². The van der Waals surface area contributed by atoms with Crippen LogP contribution >= 0.6 is 22.3 Å². The molecule has 1 aromatic rings. The first kappa shape index (κ1) is 13.0. The summed E-state index contributed by atoms with van der Waals surface area (Å²) in [5.74, 6) is 0.425. The normalized spacial score (nSPS) is 17.6. The molecule has 0 atom stereocenters. The molecule has 1 aliphatic heterocycles. The molecular formula is C11H12Cl2O3S. The lowest BCUT2D eigenvalue weighted by Gasteiger charge is -2.17. The molecule has 0 aliphatic carbocycles. The molecule has 1 heterocycles. The average Bonchev–Trinajstić information content (AvgIpc) is 2.36. The van der Waals surface area contributed by atoms with E-state index in [-0.39, 0.29) is 11.4 Å². The van der Waals surface area contributed by atoms with Crippen molar-refractivity contribution in [1.29, 1.82) is 0 Å². The SMILES string of the molecule is CC1(C)Cc2cc(CS(=O)(=O)Cl)cc(Cl)c2O1. The van der Waals surface area contributed by atoms with Crippen molar-refractivity contribution in [2.24, 2.45) is 0 Å². The Hall–Kier alpha value is -0.450. The standard InChI is InChI=1S/C11H12Cl2O3S/c1-11(2)5-8-3-7(6-17(13,14)15)4-9(12)10(8)16-11/h3-4H,5-6H2,1-2H3. The van der Waals surface area contributed by atoms with Crippen LogP contribution in [0.15, 0.2) is 12.1 Å². The third kappa shape index (κ3) is 3.06. The number of halogens is 2. The monoisotopic (exact) mass is 294 g/mol. The summed E-state index contributed by atoms with van der Waals surface area (Å²) in [5, 5.41) is 0.434. The largest absolute Gasteiger partial charge is 0.486 e. The van der Waals surface area contributed by atoms with Gasteiger partial charge in [0.2, 0.25) is 9.05 Å². The van der Waals surface area contributed by atoms with Crippen LogP contribution in [0.4, 0.5) is 0 Å². The molecule has 2 rings (SSSR count). The minimum Gasteiger partial charge on any atom is -0.486 e. The third-order valence-electron chi connectivity index (χ3n) is 2.51. The lowest BCUT2D eigenvalue weighted by molar-refractivity contribution is 0.138. The van der Waals surface area contributed by atoms with Crippen LogP contribution in [0.1, 0.15) is 25.0 Å². The minimum atomic E-state index is -3.57. The topological polar surface area (TPSA) is 43.4 Å². The van der Waals surface area contributed by atoms with Gasteiger partial charge >= 0.3 is 0 Å². The zero-order valence-electron chi connectivity index (χ0n) is 9.46. The summed E-state index contributed by atoms with van der Waals surface area (Å²) in [6.07, 6.45) is 0.707. The van der Waals surface area contributed by atoms with E-state index < -0.39 is 9.05 Å². The Morgan fingerprint density at radius 1 is 1.41 bits per heavy atom. The van der Waals surface area contributed by atoms with E-state index in [4.69, 9.17) is 27.0 Å². The fourth-order valence-electron chi connectivity index (χ4n) is 2.01. The molecule has 1 aromatic carbocycles. The summed E-state index contributed by atoms with van der Waals surface area (Å²) in [7, 11) is 1.66. The number of rotatable bonds is 2. The van der Waals surface area contributed by atoms with Crippen LogP contribution in [-0.2, 0) is 21.2 Å². The highest BCUT2D eigenvalue weighted by atomic mass is 35.7. The Labute approximate surface area is 110 Å². The van der Waals surface area contributed by atoms with Crippen molar-refractivity contribution in [2.45, 2.75) is 31.6 Å². The van der Waals surface area contributed by atoms with Gasteiger partial charge in [-0.25, -0.2) is 8.42 Å². The van der Waals surface area contributed by atoms with Gasteiger partial charge < -0.3 is 4.74 Å². The summed E-state index contributed by atoms with van der Waals surface area (Å²) in [4.78, 5) is 0. The maximum atomic E-state index is 11.0. The molecule has 3 nitrogen and oxygen atoms in total. The number of hydrogen-bond donors (Lipinski definition) is 0. The molecular weight excluding hydrogens is 283 g/mol. The van der Waals surface area contributed by atoms with Gasteiger partial charge in [-0.15, -0.1) is 0 Å². The summed E-state index contributed by atoms with van der Waals surface area (Å²) < 4.78 is 27.8. The molecule has 0 bridgehead atoms. The molecule has 0 saturated carbocycles. The number of fused-ring (bicyclic) bond motifs is 1. The number of benzene rings is 1. The first-order chi connectivity index (χ1) is 7.66. The Kier molecular flexibility index (Phi) is 3.09. The molecule has 0 saturated heterocycles. The highest BCUT2D eigenvalue weighted by Crippen LogP contribution is 2.41. The van der Waals surface area contributed by atoms with Crippen molar-refractivity contribution < 1.29 is 13.2 Å². The molecule has 0 unspecified atom stereocenters. The van der Waals surface area contributed by atoms with Crippen LogP contribution in [0.3, 0.4) is 0 Å². The van der Waals surface area contributed by atoms with Crippen molar-refractivity contribution in [1.82, 2.24) is 0 Å². The van der Waals surface area contributed by atoms with E-state index in [9.17, 15) is 8.42 Å². The maximum Gasteiger partial charge on any atom is 0.236 e. The Morgan fingerprint density at radius 3 is 2.65 bits per heavy atom. The second-order valence-electron chi connectivity index (χ2n) is 4.79. The number of hydrogen-bond acceptors (Lipinski definition) is 3. The van der Waals surface area contributed by atoms with Gasteiger partial charge in [0.15, 0.2) is 0 Å². The molecule has 94 valence electrons. The van der Waals surface area contributed by atoms with E-state index >= 15 is 0 Å². The molecule has 0 radical (unpaired) electrons. The van der Waals surface area contributed by atoms with Gasteiger partial charge in [0, 0.05) is 17.1 Å². The summed E-state index contributed by atoms with van der Waals surface area (Å²) in [5.41, 5.74) is 1.22. The summed E-state index contributed by atoms with van der Waals surface area (Å²) in [6, 6.07) is 3.37. The fraction of sp³-hybridized carbons (Fsp3) is 0.455. The van der Waals surface area contributed by atoms with E-state index in [0.717, 1.165) is 5.56 Å². The van der Waals surface area contributed by atoms with Crippen LogP contribution in [0.25, 0.3) is 0 Å². The van der Waals surface area contributed by atoms with Gasteiger partial charge in [0.1, 0.15) is 11.4 Å². The Bertz CT molecular complexity index is 564. The second kappa shape index (κ2) is 4.04. The van der Waals surface area contributed by atoms with Crippen molar-refractivity contribution in [3.05, 3.63) is 28.3 Å². The van der Waals surface area contributed by atoms with Crippen LogP contribution < -0.4 is 4.74 Å². The fourth-order valence-corrected chi connectivity index (χ4v) is 3.25. The van der Waals surface area contributed by atoms with Crippen molar-refractivity contribution in [3.8, 4) is 5.75 Å². The quantitative estimate of drug-likeness (QED) is 0.787. The predicted octanol–water partition coefficient (Wildman–Crippen LogP) is 3.12. The molecule has 6 heteroatoms. The first-order valence-corrected chi connectivity index (χ1v) is 7.95. The predicted molar refractivity (Wildman–Crippen MR) is 68.3 cm³/mol. The number of ether oxygens (including phenoxy) is 1. The first-order valence-electron chi connectivity index (χ1n) is 5.09. The van der Waals surface area contributed by atoms with Gasteiger partial charge in [0.25, 0.3) is 0 Å². The molecule has 1 aliphatic rings. The van der Waals surface area contributed by atoms with Crippen molar-refractivity contribution in [2.75, 3.05) is 0 Å². The molecule has 0 amide bonds. The average molecular weight is 295 g/mol. The van der Waals surface area contributed by atoms with Gasteiger partial charge in [-0.2, -0.15) is 0 Å². The highest BCUT2D eigenvalue weighted by molar-refractivity contribution is 8.13. The zero-order valence-corrected chi connectivity index (χ0v) is 11.8. The Morgan fingerprint density at radius 2 is 2.06 bits per heavy atom. The highest BCUT2D eigenvalue weighted by Gasteiger charge is 2.32. The molecule has 0 N–H and O–H groups in total. The molecule has 0 aromatic heterocycles. The molecule has 0 fully saturated rings. The second-order valence-corrected chi connectivity index (χ2v) is 7.97. The van der Waals surface area contributed by atoms with Crippen LogP contribution in [0, 0.1) is 0 Å². The van der Waals surface area contributed by atoms with Crippen LogP contribution in [0.2, 0.25) is 5.02 Å². The van der Waals surface area contributed by atoms with E-state index in [1.165, 1.54) is 0 Å². The maximum absolute atomic E-state index is 11.0. The summed E-state index contributed by atoms with van der Waals surface area (Å²) in [6.45, 7) is 3.92. The van der Waals surface area contributed by atoms with E-state index in [0.29, 0.717) is 22.8 Å². The molecule has 0 spiro atoms. The van der Waals surface area contributed by atoms with Crippen LogP contribution in [-0.4, -0.2) is 14.0 Å². The van der Waals surface area contributed by atoms with Gasteiger partial charge in [0.05, 0.1) is 10.8 Å². The van der Waals surface area contributed by atoms with Crippen molar-refractivity contribution in [3.63, 3.8) is 0 Å². The minimum absolute atomic E-state index is 0.220. The third-order valence-corrected chi connectivity index (χ3v) is 3.80. The van der Waals surface area contributed by atoms with E-state index in [2.05, 4.69) is 0 Å². The van der Waals surface area contributed by atoms with Gasteiger partial charge in [-0.3, -0.25) is 0 Å². The van der Waals surface area contributed by atoms with Gasteiger partial charge in [-0.05, 0) is 31.0 Å². The van der Waals surface area contributed by atoms with E-state index in [1.54, 1.807) is 12.1 Å². The van der Waals surface area contributed by atoms with Crippen molar-refractivity contribution >= 4 is 31.3 Å². The summed E-state index contributed by atoms with van der Waals surface area (Å²) >= 11 is 6.07. The zero-order chi connectivity index (χ0) is 12.8. The molecule has 17 heavy (non-hydrogen) atoms. The Balaban J connectivity index is 2.41. The smallest absolute Gasteiger partial charge is 0.236 e.